The molecule has 0 saturated heterocycles. The van der Waals surface area contributed by atoms with Crippen LogP contribution in [-0.4, -0.2) is 41.3 Å². The molecule has 0 aliphatic rings. The van der Waals surface area contributed by atoms with Gasteiger partial charge >= 0.3 is 5.97 Å². The van der Waals surface area contributed by atoms with E-state index in [2.05, 4.69) is 15.3 Å². The quantitative estimate of drug-likeness (QED) is 0.641. The SMILES string of the molecule is COCCCCCNCc1ncncc1C(=O)O. The van der Waals surface area contributed by atoms with Gasteiger partial charge in [-0.25, -0.2) is 14.8 Å². The third kappa shape index (κ3) is 5.20. The molecule has 0 unspecified atom stereocenters. The van der Waals surface area contributed by atoms with Gasteiger partial charge in [-0.05, 0) is 25.8 Å². The van der Waals surface area contributed by atoms with E-state index >= 15 is 0 Å². The van der Waals surface area contributed by atoms with E-state index in [4.69, 9.17) is 9.84 Å². The van der Waals surface area contributed by atoms with E-state index in [0.29, 0.717) is 12.2 Å². The average Bonchev–Trinajstić information content (AvgIpc) is 2.38. The largest absolute Gasteiger partial charge is 0.478 e. The van der Waals surface area contributed by atoms with Crippen molar-refractivity contribution in [3.05, 3.63) is 23.8 Å². The Morgan fingerprint density at radius 1 is 1.44 bits per heavy atom. The molecule has 1 heterocycles. The number of nitrogens with one attached hydrogen (secondary N) is 1. The molecule has 6 nitrogen and oxygen atoms in total. The smallest absolute Gasteiger partial charge is 0.339 e. The van der Waals surface area contributed by atoms with E-state index in [9.17, 15) is 4.79 Å². The number of ether oxygens (including phenoxy) is 1. The molecule has 0 fully saturated rings. The number of aromatic nitrogens is 2. The van der Waals surface area contributed by atoms with Crippen LogP contribution in [0.4, 0.5) is 0 Å². The summed E-state index contributed by atoms with van der Waals surface area (Å²) >= 11 is 0. The first-order valence-corrected chi connectivity index (χ1v) is 5.97. The van der Waals surface area contributed by atoms with Crippen LogP contribution in [0.3, 0.4) is 0 Å². The van der Waals surface area contributed by atoms with Crippen molar-refractivity contribution in [2.45, 2.75) is 25.8 Å². The van der Waals surface area contributed by atoms with E-state index in [-0.39, 0.29) is 5.56 Å². The van der Waals surface area contributed by atoms with Crippen molar-refractivity contribution >= 4 is 5.97 Å². The van der Waals surface area contributed by atoms with Crippen molar-refractivity contribution in [2.24, 2.45) is 0 Å². The van der Waals surface area contributed by atoms with Gasteiger partial charge in [0.15, 0.2) is 0 Å². The van der Waals surface area contributed by atoms with Crippen LogP contribution in [0.2, 0.25) is 0 Å². The van der Waals surface area contributed by atoms with Crippen molar-refractivity contribution in [3.8, 4) is 0 Å². The predicted molar refractivity (Wildman–Crippen MR) is 66.4 cm³/mol. The first-order chi connectivity index (χ1) is 8.75. The van der Waals surface area contributed by atoms with Gasteiger partial charge in [0.2, 0.25) is 0 Å². The third-order valence-corrected chi connectivity index (χ3v) is 2.52. The zero-order valence-electron chi connectivity index (χ0n) is 10.6. The number of hydrogen-bond donors (Lipinski definition) is 2. The summed E-state index contributed by atoms with van der Waals surface area (Å²) in [7, 11) is 1.70. The summed E-state index contributed by atoms with van der Waals surface area (Å²) < 4.78 is 4.96. The number of unbranched alkanes of at least 4 members (excludes halogenated alkanes) is 2. The number of rotatable bonds is 9. The molecule has 0 bridgehead atoms. The van der Waals surface area contributed by atoms with Crippen molar-refractivity contribution in [1.29, 1.82) is 0 Å². The normalized spacial score (nSPS) is 10.5. The number of aromatic carboxylic acids is 1. The van der Waals surface area contributed by atoms with Crippen LogP contribution in [-0.2, 0) is 11.3 Å². The Hall–Kier alpha value is -1.53. The van der Waals surface area contributed by atoms with Crippen molar-refractivity contribution in [2.75, 3.05) is 20.3 Å². The summed E-state index contributed by atoms with van der Waals surface area (Å²) in [5, 5.41) is 12.1. The Morgan fingerprint density at radius 3 is 3.00 bits per heavy atom. The Bertz CT molecular complexity index is 371. The van der Waals surface area contributed by atoms with Gasteiger partial charge < -0.3 is 15.2 Å². The van der Waals surface area contributed by atoms with Crippen LogP contribution in [0.25, 0.3) is 0 Å². The van der Waals surface area contributed by atoms with Gasteiger partial charge in [-0.1, -0.05) is 0 Å². The van der Waals surface area contributed by atoms with Crippen LogP contribution in [0.5, 0.6) is 0 Å². The molecule has 18 heavy (non-hydrogen) atoms. The lowest BCUT2D eigenvalue weighted by atomic mass is 10.2. The van der Waals surface area contributed by atoms with Crippen LogP contribution >= 0.6 is 0 Å². The molecule has 1 rings (SSSR count). The number of carboxylic acids is 1. The Labute approximate surface area is 106 Å². The molecule has 100 valence electrons. The van der Waals surface area contributed by atoms with Crippen LogP contribution in [0, 0.1) is 0 Å². The second kappa shape index (κ2) is 8.54. The summed E-state index contributed by atoms with van der Waals surface area (Å²) in [6, 6.07) is 0. The fraction of sp³-hybridized carbons (Fsp3) is 0.583. The highest BCUT2D eigenvalue weighted by Gasteiger charge is 2.10. The summed E-state index contributed by atoms with van der Waals surface area (Å²) in [6.45, 7) is 2.08. The summed E-state index contributed by atoms with van der Waals surface area (Å²) in [4.78, 5) is 18.6. The molecular formula is C12H19N3O3. The number of nitrogens with zero attached hydrogens (tertiary/aromatic N) is 2. The standard InChI is InChI=1S/C12H19N3O3/c1-18-6-4-2-3-5-13-8-11-10(12(16)17)7-14-9-15-11/h7,9,13H,2-6,8H2,1H3,(H,16,17). The Morgan fingerprint density at radius 2 is 2.28 bits per heavy atom. The lowest BCUT2D eigenvalue weighted by molar-refractivity contribution is 0.0694. The highest BCUT2D eigenvalue weighted by atomic mass is 16.5. The topological polar surface area (TPSA) is 84.3 Å². The molecule has 6 heteroatoms. The van der Waals surface area contributed by atoms with E-state index in [1.54, 1.807) is 7.11 Å². The van der Waals surface area contributed by atoms with E-state index in [0.717, 1.165) is 32.4 Å². The fourth-order valence-corrected chi connectivity index (χ4v) is 1.55. The maximum Gasteiger partial charge on any atom is 0.339 e. The van der Waals surface area contributed by atoms with Crippen molar-refractivity contribution < 1.29 is 14.6 Å². The minimum Gasteiger partial charge on any atom is -0.478 e. The maximum atomic E-state index is 10.9. The number of carbonyl (C=O) groups is 1. The molecule has 0 aromatic carbocycles. The van der Waals surface area contributed by atoms with Gasteiger partial charge in [-0.3, -0.25) is 0 Å². The fourth-order valence-electron chi connectivity index (χ4n) is 1.55. The molecular weight excluding hydrogens is 234 g/mol. The molecule has 0 radical (unpaired) electrons. The van der Waals surface area contributed by atoms with E-state index < -0.39 is 5.97 Å². The van der Waals surface area contributed by atoms with Crippen LogP contribution in [0.15, 0.2) is 12.5 Å². The predicted octanol–water partition coefficient (Wildman–Crippen LogP) is 1.08. The highest BCUT2D eigenvalue weighted by Crippen LogP contribution is 2.03. The van der Waals surface area contributed by atoms with Gasteiger partial charge in [-0.2, -0.15) is 0 Å². The number of methoxy groups -OCH3 is 1. The second-order valence-corrected chi connectivity index (χ2v) is 3.92. The average molecular weight is 253 g/mol. The number of carboxylic acid groups (broad SMARTS) is 1. The molecule has 0 amide bonds. The monoisotopic (exact) mass is 253 g/mol. The Balaban J connectivity index is 2.25. The molecule has 0 spiro atoms. The van der Waals surface area contributed by atoms with Crippen LogP contribution in [0.1, 0.15) is 35.3 Å². The van der Waals surface area contributed by atoms with Crippen LogP contribution < -0.4 is 5.32 Å². The second-order valence-electron chi connectivity index (χ2n) is 3.92. The highest BCUT2D eigenvalue weighted by molar-refractivity contribution is 5.88. The molecule has 2 N–H and O–H groups in total. The van der Waals surface area contributed by atoms with Gasteiger partial charge in [0.1, 0.15) is 11.9 Å². The third-order valence-electron chi connectivity index (χ3n) is 2.52. The molecule has 1 aromatic rings. The van der Waals surface area contributed by atoms with E-state index in [1.807, 2.05) is 0 Å². The zero-order valence-corrected chi connectivity index (χ0v) is 10.6. The first kappa shape index (κ1) is 14.5. The maximum absolute atomic E-state index is 10.9. The first-order valence-electron chi connectivity index (χ1n) is 5.97. The van der Waals surface area contributed by atoms with Gasteiger partial charge in [0.25, 0.3) is 0 Å². The molecule has 0 aliphatic carbocycles. The number of hydrogen-bond acceptors (Lipinski definition) is 5. The summed E-state index contributed by atoms with van der Waals surface area (Å²) in [5.74, 6) is -0.993. The van der Waals surface area contributed by atoms with E-state index in [1.165, 1.54) is 12.5 Å². The lowest BCUT2D eigenvalue weighted by Gasteiger charge is -2.06. The van der Waals surface area contributed by atoms with Crippen molar-refractivity contribution in [1.82, 2.24) is 15.3 Å². The summed E-state index contributed by atoms with van der Waals surface area (Å²) in [5.41, 5.74) is 0.679. The van der Waals surface area contributed by atoms with Gasteiger partial charge in [-0.15, -0.1) is 0 Å². The summed E-state index contributed by atoms with van der Waals surface area (Å²) in [6.07, 6.45) is 5.87. The minimum atomic E-state index is -0.993. The van der Waals surface area contributed by atoms with Crippen molar-refractivity contribution in [3.63, 3.8) is 0 Å². The molecule has 1 aromatic heterocycles. The zero-order chi connectivity index (χ0) is 13.2. The minimum absolute atomic E-state index is 0.157. The molecule has 0 aliphatic heterocycles. The Kier molecular flexibility index (Phi) is 6.90. The van der Waals surface area contributed by atoms with Gasteiger partial charge in [0.05, 0.1) is 5.69 Å². The molecule has 0 atom stereocenters. The molecule has 0 saturated carbocycles. The lowest BCUT2D eigenvalue weighted by Crippen LogP contribution is -2.18. The van der Waals surface area contributed by atoms with Gasteiger partial charge in [0, 0.05) is 26.5 Å².